The number of para-hydroxylation sites is 1. The maximum atomic E-state index is 13.4. The summed E-state index contributed by atoms with van der Waals surface area (Å²) in [5, 5.41) is 2.01. The van der Waals surface area contributed by atoms with Crippen LogP contribution < -0.4 is 10.1 Å². The van der Waals surface area contributed by atoms with E-state index in [4.69, 9.17) is 9.47 Å². The van der Waals surface area contributed by atoms with E-state index in [9.17, 15) is 18.4 Å². The summed E-state index contributed by atoms with van der Waals surface area (Å²) in [6.45, 7) is 2.80. The number of anilines is 1. The number of hydrogen-bond acceptors (Lipinski definition) is 4. The maximum absolute atomic E-state index is 13.4. The Bertz CT molecular complexity index is 772. The Morgan fingerprint density at radius 2 is 1.68 bits per heavy atom. The molecular weight excluding hydrogens is 332 g/mol. The highest BCUT2D eigenvalue weighted by molar-refractivity contribution is 5.93. The molecule has 0 radical (unpaired) electrons. The van der Waals surface area contributed by atoms with Crippen molar-refractivity contribution in [3.8, 4) is 5.75 Å². The highest BCUT2D eigenvalue weighted by Crippen LogP contribution is 2.18. The van der Waals surface area contributed by atoms with Crippen LogP contribution in [-0.4, -0.2) is 25.1 Å². The van der Waals surface area contributed by atoms with E-state index in [0.29, 0.717) is 5.75 Å². The van der Waals surface area contributed by atoms with Crippen LogP contribution >= 0.6 is 0 Å². The number of halogens is 2. The van der Waals surface area contributed by atoms with E-state index in [1.54, 1.807) is 12.1 Å². The molecule has 0 aliphatic carbocycles. The second-order valence-electron chi connectivity index (χ2n) is 5.34. The summed E-state index contributed by atoms with van der Waals surface area (Å²) < 4.78 is 36.8. The SMILES string of the molecule is Cc1ccc(OCC(=O)OCC(=O)Nc2c(F)cccc2F)cc1C. The molecule has 2 aromatic carbocycles. The zero-order valence-corrected chi connectivity index (χ0v) is 13.8. The largest absolute Gasteiger partial charge is 0.482 e. The van der Waals surface area contributed by atoms with Gasteiger partial charge in [0.05, 0.1) is 0 Å². The van der Waals surface area contributed by atoms with Gasteiger partial charge in [0.25, 0.3) is 5.91 Å². The lowest BCUT2D eigenvalue weighted by Crippen LogP contribution is -2.24. The Labute approximate surface area is 143 Å². The third-order valence-corrected chi connectivity index (χ3v) is 3.43. The standard InChI is InChI=1S/C18H17F2NO4/c1-11-6-7-13(8-12(11)2)24-10-17(23)25-9-16(22)21-18-14(19)4-3-5-15(18)20/h3-8H,9-10H2,1-2H3,(H,21,22). The van der Waals surface area contributed by atoms with E-state index in [1.807, 2.05) is 25.2 Å². The van der Waals surface area contributed by atoms with Gasteiger partial charge in [0, 0.05) is 0 Å². The smallest absolute Gasteiger partial charge is 0.344 e. The molecule has 0 spiro atoms. The fourth-order valence-electron chi connectivity index (χ4n) is 1.93. The highest BCUT2D eigenvalue weighted by Gasteiger charge is 2.14. The number of ether oxygens (including phenoxy) is 2. The minimum Gasteiger partial charge on any atom is -0.482 e. The molecule has 0 unspecified atom stereocenters. The molecule has 132 valence electrons. The first-order valence-corrected chi connectivity index (χ1v) is 7.46. The van der Waals surface area contributed by atoms with Crippen molar-refractivity contribution in [2.75, 3.05) is 18.5 Å². The van der Waals surface area contributed by atoms with Crippen molar-refractivity contribution in [2.24, 2.45) is 0 Å². The fourth-order valence-corrected chi connectivity index (χ4v) is 1.93. The van der Waals surface area contributed by atoms with Gasteiger partial charge in [-0.15, -0.1) is 0 Å². The van der Waals surface area contributed by atoms with Gasteiger partial charge in [-0.05, 0) is 49.2 Å². The molecular formula is C18H17F2NO4. The first kappa shape index (κ1) is 18.4. The Morgan fingerprint density at radius 1 is 1.00 bits per heavy atom. The summed E-state index contributed by atoms with van der Waals surface area (Å²) >= 11 is 0. The quantitative estimate of drug-likeness (QED) is 0.814. The summed E-state index contributed by atoms with van der Waals surface area (Å²) in [6.07, 6.45) is 0. The molecule has 0 heterocycles. The molecule has 1 amide bonds. The molecule has 0 atom stereocenters. The number of esters is 1. The van der Waals surface area contributed by atoms with Gasteiger partial charge in [-0.3, -0.25) is 4.79 Å². The highest BCUT2D eigenvalue weighted by atomic mass is 19.1. The van der Waals surface area contributed by atoms with Gasteiger partial charge >= 0.3 is 5.97 Å². The number of rotatable bonds is 6. The van der Waals surface area contributed by atoms with Crippen molar-refractivity contribution < 1.29 is 27.8 Å². The van der Waals surface area contributed by atoms with Gasteiger partial charge in [0.2, 0.25) is 0 Å². The van der Waals surface area contributed by atoms with Gasteiger partial charge < -0.3 is 14.8 Å². The Balaban J connectivity index is 1.79. The lowest BCUT2D eigenvalue weighted by Gasteiger charge is -2.09. The van der Waals surface area contributed by atoms with Crippen molar-refractivity contribution in [1.82, 2.24) is 0 Å². The lowest BCUT2D eigenvalue weighted by atomic mass is 10.1. The minimum atomic E-state index is -0.919. The van der Waals surface area contributed by atoms with Crippen LogP contribution in [0, 0.1) is 25.5 Å². The van der Waals surface area contributed by atoms with Crippen molar-refractivity contribution in [2.45, 2.75) is 13.8 Å². The van der Waals surface area contributed by atoms with E-state index in [0.717, 1.165) is 23.3 Å². The molecule has 0 aliphatic rings. The molecule has 0 bridgehead atoms. The number of carbonyl (C=O) groups is 2. The van der Waals surface area contributed by atoms with E-state index >= 15 is 0 Å². The van der Waals surface area contributed by atoms with E-state index in [2.05, 4.69) is 0 Å². The van der Waals surface area contributed by atoms with E-state index < -0.39 is 35.8 Å². The predicted molar refractivity (Wildman–Crippen MR) is 87.4 cm³/mol. The van der Waals surface area contributed by atoms with Gasteiger partial charge in [-0.1, -0.05) is 12.1 Å². The molecule has 0 fully saturated rings. The third kappa shape index (κ3) is 5.27. The zero-order chi connectivity index (χ0) is 18.4. The fraction of sp³-hybridized carbons (Fsp3) is 0.222. The van der Waals surface area contributed by atoms with Crippen LogP contribution in [0.1, 0.15) is 11.1 Å². The molecule has 25 heavy (non-hydrogen) atoms. The van der Waals surface area contributed by atoms with Crippen LogP contribution in [0.4, 0.5) is 14.5 Å². The topological polar surface area (TPSA) is 64.6 Å². The number of nitrogens with one attached hydrogen (secondary N) is 1. The third-order valence-electron chi connectivity index (χ3n) is 3.43. The Morgan fingerprint density at radius 3 is 2.32 bits per heavy atom. The summed E-state index contributed by atoms with van der Waals surface area (Å²) in [7, 11) is 0. The average molecular weight is 349 g/mol. The number of hydrogen-bond donors (Lipinski definition) is 1. The van der Waals surface area contributed by atoms with Crippen LogP contribution in [-0.2, 0) is 14.3 Å². The van der Waals surface area contributed by atoms with Crippen LogP contribution in [0.5, 0.6) is 5.75 Å². The second-order valence-corrected chi connectivity index (χ2v) is 5.34. The molecule has 7 heteroatoms. The van der Waals surface area contributed by atoms with Crippen LogP contribution in [0.2, 0.25) is 0 Å². The number of aryl methyl sites for hydroxylation is 2. The number of benzene rings is 2. The number of carbonyl (C=O) groups excluding carboxylic acids is 2. The molecule has 0 aliphatic heterocycles. The number of amides is 1. The Hall–Kier alpha value is -2.96. The molecule has 2 aromatic rings. The molecule has 0 saturated heterocycles. The first-order valence-electron chi connectivity index (χ1n) is 7.46. The summed E-state index contributed by atoms with van der Waals surface area (Å²) in [5.74, 6) is -2.97. The normalized spacial score (nSPS) is 10.2. The molecule has 2 rings (SSSR count). The summed E-state index contributed by atoms with van der Waals surface area (Å²) in [6, 6.07) is 8.51. The van der Waals surface area contributed by atoms with E-state index in [-0.39, 0.29) is 6.61 Å². The minimum absolute atomic E-state index is 0.385. The molecule has 1 N–H and O–H groups in total. The lowest BCUT2D eigenvalue weighted by molar-refractivity contribution is -0.149. The van der Waals surface area contributed by atoms with Crippen LogP contribution in [0.15, 0.2) is 36.4 Å². The van der Waals surface area contributed by atoms with Crippen LogP contribution in [0.25, 0.3) is 0 Å². The maximum Gasteiger partial charge on any atom is 0.344 e. The monoisotopic (exact) mass is 349 g/mol. The molecule has 0 aromatic heterocycles. The average Bonchev–Trinajstić information content (AvgIpc) is 2.57. The first-order chi connectivity index (χ1) is 11.9. The van der Waals surface area contributed by atoms with Gasteiger partial charge in [0.15, 0.2) is 13.2 Å². The van der Waals surface area contributed by atoms with Gasteiger partial charge in [0.1, 0.15) is 23.1 Å². The van der Waals surface area contributed by atoms with Crippen molar-refractivity contribution in [3.63, 3.8) is 0 Å². The van der Waals surface area contributed by atoms with Crippen molar-refractivity contribution >= 4 is 17.6 Å². The van der Waals surface area contributed by atoms with Crippen molar-refractivity contribution in [3.05, 3.63) is 59.2 Å². The zero-order valence-electron chi connectivity index (χ0n) is 13.8. The summed E-state index contributed by atoms with van der Waals surface area (Å²) in [4.78, 5) is 23.2. The predicted octanol–water partition coefficient (Wildman–Crippen LogP) is 3.14. The molecule has 5 nitrogen and oxygen atoms in total. The van der Waals surface area contributed by atoms with Crippen molar-refractivity contribution in [1.29, 1.82) is 0 Å². The van der Waals surface area contributed by atoms with Gasteiger partial charge in [-0.25, -0.2) is 13.6 Å². The van der Waals surface area contributed by atoms with E-state index in [1.165, 1.54) is 6.07 Å². The summed E-state index contributed by atoms with van der Waals surface area (Å²) in [5.41, 5.74) is 1.51. The molecule has 0 saturated carbocycles. The Kier molecular flexibility index (Phi) is 6.05. The van der Waals surface area contributed by atoms with Gasteiger partial charge in [-0.2, -0.15) is 0 Å². The van der Waals surface area contributed by atoms with Crippen LogP contribution in [0.3, 0.4) is 0 Å². The second kappa shape index (κ2) is 8.23.